The topological polar surface area (TPSA) is 110 Å². The third kappa shape index (κ3) is 5.96. The van der Waals surface area contributed by atoms with Gasteiger partial charge in [0, 0.05) is 43.4 Å². The number of aromatic nitrogens is 1. The first-order valence-corrected chi connectivity index (χ1v) is 12.4. The molecule has 4 rings (SSSR count). The van der Waals surface area contributed by atoms with E-state index in [-0.39, 0.29) is 54.6 Å². The van der Waals surface area contributed by atoms with E-state index in [1.807, 2.05) is 0 Å². The summed E-state index contributed by atoms with van der Waals surface area (Å²) in [6.07, 6.45) is 1.52. The van der Waals surface area contributed by atoms with E-state index in [1.165, 1.54) is 59.2 Å². The predicted molar refractivity (Wildman–Crippen MR) is 139 cm³/mol. The van der Waals surface area contributed by atoms with Crippen LogP contribution in [-0.2, 0) is 11.3 Å². The Morgan fingerprint density at radius 2 is 1.82 bits per heavy atom. The van der Waals surface area contributed by atoms with Crippen LogP contribution in [-0.4, -0.2) is 54.9 Å². The molecule has 0 aliphatic carbocycles. The number of rotatable bonds is 10. The van der Waals surface area contributed by atoms with Crippen molar-refractivity contribution in [2.75, 3.05) is 31.7 Å². The number of aliphatic hydroxyl groups is 1. The molecule has 0 radical (unpaired) electrons. The smallest absolute Gasteiger partial charge is 0.387 e. The number of aliphatic hydroxyl groups excluding tert-OH is 1. The lowest BCUT2D eigenvalue weighted by Gasteiger charge is -2.20. The summed E-state index contributed by atoms with van der Waals surface area (Å²) in [5, 5.41) is 12.0. The summed E-state index contributed by atoms with van der Waals surface area (Å²) in [4.78, 5) is 41.1. The van der Waals surface area contributed by atoms with Crippen LogP contribution in [0.5, 0.6) is 11.5 Å². The molecule has 9 nitrogen and oxygen atoms in total. The Balaban J connectivity index is 1.64. The van der Waals surface area contributed by atoms with Gasteiger partial charge in [0.2, 0.25) is 5.91 Å². The fraction of sp³-hybridized carbons (Fsp3) is 0.321. The van der Waals surface area contributed by atoms with Gasteiger partial charge in [-0.3, -0.25) is 14.4 Å². The first kappa shape index (κ1) is 28.7. The number of carbonyl (C=O) groups is 2. The zero-order chi connectivity index (χ0) is 29.0. The number of amides is 2. The highest BCUT2D eigenvalue weighted by Crippen LogP contribution is 2.38. The summed E-state index contributed by atoms with van der Waals surface area (Å²) < 4.78 is 50.7. The molecule has 1 aliphatic rings. The molecule has 2 heterocycles. The molecule has 2 aromatic carbocycles. The number of nitrogens with zero attached hydrogens (tertiary/aromatic N) is 2. The zero-order valence-corrected chi connectivity index (χ0v) is 21.8. The van der Waals surface area contributed by atoms with Crippen LogP contribution in [0.15, 0.2) is 59.5 Å². The average molecular weight is 560 g/mol. The summed E-state index contributed by atoms with van der Waals surface area (Å²) in [6, 6.07) is 11.0. The lowest BCUT2D eigenvalue weighted by molar-refractivity contribution is -0.120. The Bertz CT molecular complexity index is 1440. The number of hydrogen-bond donors (Lipinski definition) is 2. The molecule has 1 unspecified atom stereocenters. The number of aryl methyl sites for hydroxylation is 1. The molecular weight excluding hydrogens is 531 g/mol. The quantitative estimate of drug-likeness (QED) is 0.395. The first-order chi connectivity index (χ1) is 19.1. The second-order valence-electron chi connectivity index (χ2n) is 9.23. The van der Waals surface area contributed by atoms with E-state index in [4.69, 9.17) is 4.74 Å². The van der Waals surface area contributed by atoms with Crippen LogP contribution >= 0.6 is 0 Å². The highest BCUT2D eigenvalue weighted by atomic mass is 19.3. The van der Waals surface area contributed by atoms with Crippen LogP contribution in [0.1, 0.15) is 27.4 Å². The first-order valence-electron chi connectivity index (χ1n) is 12.4. The molecular formula is C28H28F3N3O6. The second kappa shape index (κ2) is 12.2. The molecule has 2 atom stereocenters. The van der Waals surface area contributed by atoms with Gasteiger partial charge in [-0.15, -0.1) is 0 Å². The molecule has 12 heteroatoms. The lowest BCUT2D eigenvalue weighted by Crippen LogP contribution is -2.38. The van der Waals surface area contributed by atoms with Gasteiger partial charge in [0.05, 0.1) is 19.6 Å². The number of methoxy groups -OCH3 is 1. The van der Waals surface area contributed by atoms with Gasteiger partial charge in [-0.05, 0) is 54.4 Å². The van der Waals surface area contributed by atoms with Gasteiger partial charge in [-0.2, -0.15) is 8.78 Å². The van der Waals surface area contributed by atoms with E-state index in [1.54, 1.807) is 19.1 Å². The molecule has 0 saturated carbocycles. The van der Waals surface area contributed by atoms with Crippen molar-refractivity contribution >= 4 is 17.5 Å². The molecule has 212 valence electrons. The van der Waals surface area contributed by atoms with E-state index < -0.39 is 41.6 Å². The Labute approximate surface area is 227 Å². The van der Waals surface area contributed by atoms with E-state index in [9.17, 15) is 28.3 Å². The van der Waals surface area contributed by atoms with Crippen LogP contribution in [0.25, 0.3) is 0 Å². The van der Waals surface area contributed by atoms with Gasteiger partial charge < -0.3 is 29.4 Å². The van der Waals surface area contributed by atoms with Gasteiger partial charge in [-0.25, -0.2) is 4.39 Å². The summed E-state index contributed by atoms with van der Waals surface area (Å²) in [6.45, 7) is -1.79. The highest BCUT2D eigenvalue weighted by molar-refractivity contribution is 6.00. The summed E-state index contributed by atoms with van der Waals surface area (Å²) in [5.74, 6) is -3.16. The van der Waals surface area contributed by atoms with Crippen LogP contribution in [0.3, 0.4) is 0 Å². The molecule has 1 fully saturated rings. The highest BCUT2D eigenvalue weighted by Gasteiger charge is 2.44. The number of halogens is 3. The van der Waals surface area contributed by atoms with E-state index in [0.29, 0.717) is 5.56 Å². The van der Waals surface area contributed by atoms with Gasteiger partial charge in [-0.1, -0.05) is 6.07 Å². The Hall–Kier alpha value is -4.32. The normalized spacial score (nSPS) is 16.9. The largest absolute Gasteiger partial charge is 0.497 e. The average Bonchev–Trinajstić information content (AvgIpc) is 3.24. The number of anilines is 1. The number of benzene rings is 2. The molecule has 1 aromatic heterocycles. The van der Waals surface area contributed by atoms with E-state index in [0.717, 1.165) is 0 Å². The number of nitrogens with one attached hydrogen (secondary N) is 1. The maximum Gasteiger partial charge on any atom is 0.387 e. The van der Waals surface area contributed by atoms with E-state index in [2.05, 4.69) is 10.1 Å². The number of pyridine rings is 1. The second-order valence-corrected chi connectivity index (χ2v) is 9.23. The third-order valence-electron chi connectivity index (χ3n) is 6.83. The van der Waals surface area contributed by atoms with Crippen LogP contribution < -0.4 is 25.2 Å². The molecule has 2 N–H and O–H groups in total. The summed E-state index contributed by atoms with van der Waals surface area (Å²) in [5.41, 5.74) is 0.517. The number of hydrogen-bond acceptors (Lipinski definition) is 6. The molecule has 0 spiro atoms. The minimum absolute atomic E-state index is 0.0263. The summed E-state index contributed by atoms with van der Waals surface area (Å²) in [7, 11) is 1.40. The maximum absolute atomic E-state index is 15.2. The molecule has 3 aromatic rings. The minimum Gasteiger partial charge on any atom is -0.497 e. The van der Waals surface area contributed by atoms with Crippen molar-refractivity contribution in [1.29, 1.82) is 0 Å². The minimum atomic E-state index is -3.01. The maximum atomic E-state index is 15.2. The number of carbonyl (C=O) groups excluding carboxylic acids is 2. The third-order valence-corrected chi connectivity index (χ3v) is 6.83. The van der Waals surface area contributed by atoms with Crippen LogP contribution in [0, 0.1) is 18.7 Å². The molecule has 2 amide bonds. The van der Waals surface area contributed by atoms with Crippen molar-refractivity contribution in [1.82, 2.24) is 9.88 Å². The van der Waals surface area contributed by atoms with Crippen molar-refractivity contribution in [2.24, 2.45) is 5.92 Å². The van der Waals surface area contributed by atoms with E-state index >= 15 is 4.39 Å². The molecule has 40 heavy (non-hydrogen) atoms. The SMILES string of the molecule is COc1ccc([C@@H]2CN(c3c(C)ccn(CCO)c3=O)C(=O)C2CNC(=O)c2ccc(OC(F)F)cc2)c(F)c1. The zero-order valence-electron chi connectivity index (χ0n) is 21.8. The van der Waals surface area contributed by atoms with Gasteiger partial charge in [0.15, 0.2) is 0 Å². The van der Waals surface area contributed by atoms with Crippen molar-refractivity contribution in [3.63, 3.8) is 0 Å². The van der Waals surface area contributed by atoms with Crippen molar-refractivity contribution < 1.29 is 37.3 Å². The van der Waals surface area contributed by atoms with Crippen molar-refractivity contribution in [2.45, 2.75) is 26.0 Å². The Kier molecular flexibility index (Phi) is 8.78. The standard InChI is InChI=1S/C28H28F3N3O6/c1-16-9-10-33(11-12-35)27(38)24(16)34-15-22(20-8-7-19(39-2)13-23(20)29)21(26(34)37)14-32-25(36)17-3-5-18(6-4-17)40-28(30)31/h3-10,13,21-22,28,35H,11-12,14-15H2,1-2H3,(H,32,36)/t21?,22-/m0/s1. The fourth-order valence-electron chi connectivity index (χ4n) is 4.83. The fourth-order valence-corrected chi connectivity index (χ4v) is 4.83. The van der Waals surface area contributed by atoms with Gasteiger partial charge in [0.25, 0.3) is 11.5 Å². The molecule has 1 aliphatic heterocycles. The van der Waals surface area contributed by atoms with Crippen molar-refractivity contribution in [3.8, 4) is 11.5 Å². The number of alkyl halides is 2. The van der Waals surface area contributed by atoms with Crippen molar-refractivity contribution in [3.05, 3.63) is 87.6 Å². The van der Waals surface area contributed by atoms with Crippen LogP contribution in [0.4, 0.5) is 18.9 Å². The van der Waals surface area contributed by atoms with Gasteiger partial charge in [0.1, 0.15) is 23.0 Å². The number of ether oxygens (including phenoxy) is 2. The lowest BCUT2D eigenvalue weighted by atomic mass is 9.88. The van der Waals surface area contributed by atoms with Gasteiger partial charge >= 0.3 is 6.61 Å². The van der Waals surface area contributed by atoms with Crippen LogP contribution in [0.2, 0.25) is 0 Å². The Morgan fingerprint density at radius 3 is 2.45 bits per heavy atom. The molecule has 1 saturated heterocycles. The summed E-state index contributed by atoms with van der Waals surface area (Å²) >= 11 is 0. The Morgan fingerprint density at radius 1 is 1.12 bits per heavy atom. The predicted octanol–water partition coefficient (Wildman–Crippen LogP) is 3.07. The molecule has 0 bridgehead atoms. The monoisotopic (exact) mass is 559 g/mol.